The van der Waals surface area contributed by atoms with Gasteiger partial charge in [-0.1, -0.05) is 37.6 Å². The number of nitrogens with zero attached hydrogens (tertiary/aromatic N) is 1. The lowest BCUT2D eigenvalue weighted by molar-refractivity contribution is -0.384. The van der Waals surface area contributed by atoms with E-state index in [1.54, 1.807) is 18.4 Å². The molecule has 3 rings (SSSR count). The van der Waals surface area contributed by atoms with Crippen LogP contribution in [0.5, 0.6) is 5.75 Å². The highest BCUT2D eigenvalue weighted by Gasteiger charge is 2.24. The van der Waals surface area contributed by atoms with E-state index in [1.165, 1.54) is 23.8 Å². The van der Waals surface area contributed by atoms with Crippen molar-refractivity contribution >= 4 is 33.9 Å². The molecule has 0 saturated heterocycles. The third-order valence-electron chi connectivity index (χ3n) is 4.72. The van der Waals surface area contributed by atoms with Gasteiger partial charge in [0.2, 0.25) is 0 Å². The van der Waals surface area contributed by atoms with Crippen LogP contribution in [-0.2, 0) is 16.0 Å². The van der Waals surface area contributed by atoms with Gasteiger partial charge in [-0.05, 0) is 36.6 Å². The van der Waals surface area contributed by atoms with E-state index in [1.807, 2.05) is 24.3 Å². The van der Waals surface area contributed by atoms with Crippen molar-refractivity contribution in [3.05, 3.63) is 75.2 Å². The third-order valence-corrected chi connectivity index (χ3v) is 5.62. The number of rotatable bonds is 10. The van der Waals surface area contributed by atoms with Crippen molar-refractivity contribution < 1.29 is 24.0 Å². The lowest BCUT2D eigenvalue weighted by Gasteiger charge is -2.10. The summed E-state index contributed by atoms with van der Waals surface area (Å²) in [7, 11) is 0. The first-order valence-corrected chi connectivity index (χ1v) is 11.4. The van der Waals surface area contributed by atoms with Gasteiger partial charge in [0.1, 0.15) is 16.3 Å². The molecule has 0 aliphatic rings. The number of non-ortho nitro benzene ring substituents is 1. The van der Waals surface area contributed by atoms with Gasteiger partial charge in [0.25, 0.3) is 11.6 Å². The summed E-state index contributed by atoms with van der Waals surface area (Å²) in [5.74, 6) is -0.493. The summed E-state index contributed by atoms with van der Waals surface area (Å²) in [5.41, 5.74) is 2.18. The Morgan fingerprint density at radius 3 is 2.55 bits per heavy atom. The van der Waals surface area contributed by atoms with Gasteiger partial charge in [0, 0.05) is 23.1 Å². The van der Waals surface area contributed by atoms with E-state index in [2.05, 4.69) is 12.2 Å². The molecule has 0 bridgehead atoms. The van der Waals surface area contributed by atoms with Crippen molar-refractivity contribution in [3.63, 3.8) is 0 Å². The van der Waals surface area contributed by atoms with E-state index in [9.17, 15) is 19.7 Å². The minimum absolute atomic E-state index is 0.0996. The summed E-state index contributed by atoms with van der Waals surface area (Å²) in [6.45, 7) is 3.69. The average molecular weight is 469 g/mol. The van der Waals surface area contributed by atoms with Gasteiger partial charge in [-0.25, -0.2) is 4.79 Å². The summed E-state index contributed by atoms with van der Waals surface area (Å²) in [6.07, 6.45) is 2.02. The Labute approximate surface area is 195 Å². The van der Waals surface area contributed by atoms with Gasteiger partial charge in [-0.3, -0.25) is 14.9 Å². The standard InChI is InChI=1S/C24H24N2O6S/c1-3-6-16-9-11-19(12-10-16)32-14-21(27)25-23-22(24(28)31-4-2)20(15-33-23)17-7-5-8-18(13-17)26(29)30/h5,7-13,15H,3-4,6,14H2,1-2H3,(H,25,27). The Morgan fingerprint density at radius 2 is 1.88 bits per heavy atom. The highest BCUT2D eigenvalue weighted by molar-refractivity contribution is 7.15. The molecule has 1 aromatic heterocycles. The van der Waals surface area contributed by atoms with Crippen LogP contribution in [0.3, 0.4) is 0 Å². The minimum atomic E-state index is -0.622. The van der Waals surface area contributed by atoms with Crippen LogP contribution in [-0.4, -0.2) is 30.0 Å². The number of nitrogens with one attached hydrogen (secondary N) is 1. The van der Waals surface area contributed by atoms with Gasteiger partial charge in [-0.15, -0.1) is 11.3 Å². The molecular formula is C24H24N2O6S. The van der Waals surface area contributed by atoms with Crippen molar-refractivity contribution in [1.29, 1.82) is 0 Å². The number of amides is 1. The predicted molar refractivity (Wildman–Crippen MR) is 127 cm³/mol. The predicted octanol–water partition coefficient (Wildman–Crippen LogP) is 5.47. The lowest BCUT2D eigenvalue weighted by Crippen LogP contribution is -2.21. The third kappa shape index (κ3) is 6.17. The molecule has 1 N–H and O–H groups in total. The molecule has 9 heteroatoms. The Bertz CT molecular complexity index is 1140. The van der Waals surface area contributed by atoms with Gasteiger partial charge in [-0.2, -0.15) is 0 Å². The minimum Gasteiger partial charge on any atom is -0.484 e. The van der Waals surface area contributed by atoms with E-state index < -0.39 is 16.8 Å². The molecule has 1 heterocycles. The fourth-order valence-electron chi connectivity index (χ4n) is 3.21. The molecule has 2 aromatic carbocycles. The number of hydrogen-bond donors (Lipinski definition) is 1. The zero-order valence-electron chi connectivity index (χ0n) is 18.3. The lowest BCUT2D eigenvalue weighted by atomic mass is 10.0. The SMILES string of the molecule is CCCc1ccc(OCC(=O)Nc2scc(-c3cccc([N+](=O)[O-])c3)c2C(=O)OCC)cc1. The maximum absolute atomic E-state index is 12.7. The van der Waals surface area contributed by atoms with Crippen molar-refractivity contribution in [2.75, 3.05) is 18.5 Å². The number of esters is 1. The summed E-state index contributed by atoms with van der Waals surface area (Å²) in [5, 5.41) is 15.8. The van der Waals surface area contributed by atoms with Gasteiger partial charge < -0.3 is 14.8 Å². The number of benzene rings is 2. The quantitative estimate of drug-likeness (QED) is 0.240. The monoisotopic (exact) mass is 468 g/mol. The zero-order valence-corrected chi connectivity index (χ0v) is 19.1. The first kappa shape index (κ1) is 23.9. The number of nitro benzene ring substituents is 1. The van der Waals surface area contributed by atoms with Crippen LogP contribution in [0, 0.1) is 10.1 Å². The van der Waals surface area contributed by atoms with Crippen molar-refractivity contribution in [3.8, 4) is 16.9 Å². The van der Waals surface area contributed by atoms with Crippen LogP contribution in [0.25, 0.3) is 11.1 Å². The number of hydrogen-bond acceptors (Lipinski definition) is 7. The summed E-state index contributed by atoms with van der Waals surface area (Å²) < 4.78 is 10.7. The molecule has 0 radical (unpaired) electrons. The molecule has 0 saturated carbocycles. The molecule has 0 spiro atoms. The molecule has 0 aliphatic carbocycles. The van der Waals surface area contributed by atoms with E-state index in [-0.39, 0.29) is 24.5 Å². The summed E-state index contributed by atoms with van der Waals surface area (Å²) in [4.78, 5) is 35.8. The number of anilines is 1. The fraction of sp³-hybridized carbons (Fsp3) is 0.250. The fourth-order valence-corrected chi connectivity index (χ4v) is 4.18. The molecule has 0 unspecified atom stereocenters. The van der Waals surface area contributed by atoms with Gasteiger partial charge >= 0.3 is 5.97 Å². The first-order valence-electron chi connectivity index (χ1n) is 10.5. The second kappa shape index (κ2) is 11.2. The zero-order chi connectivity index (χ0) is 23.8. The van der Waals surface area contributed by atoms with E-state index in [0.717, 1.165) is 24.2 Å². The molecular weight excluding hydrogens is 444 g/mol. The second-order valence-corrected chi connectivity index (χ2v) is 7.99. The number of nitro groups is 1. The Morgan fingerprint density at radius 1 is 1.12 bits per heavy atom. The van der Waals surface area contributed by atoms with Crippen LogP contribution in [0.4, 0.5) is 10.7 Å². The normalized spacial score (nSPS) is 10.5. The largest absolute Gasteiger partial charge is 0.484 e. The van der Waals surface area contributed by atoms with Crippen molar-refractivity contribution in [1.82, 2.24) is 0 Å². The maximum atomic E-state index is 12.7. The summed E-state index contributed by atoms with van der Waals surface area (Å²) in [6, 6.07) is 13.5. The molecule has 172 valence electrons. The molecule has 33 heavy (non-hydrogen) atoms. The maximum Gasteiger partial charge on any atom is 0.341 e. The number of thiophene rings is 1. The first-order chi connectivity index (χ1) is 15.9. The Balaban J connectivity index is 1.78. The van der Waals surface area contributed by atoms with Crippen LogP contribution in [0.1, 0.15) is 36.2 Å². The van der Waals surface area contributed by atoms with Gasteiger partial charge in [0.15, 0.2) is 6.61 Å². The molecule has 0 atom stereocenters. The highest BCUT2D eigenvalue weighted by Crippen LogP contribution is 2.37. The van der Waals surface area contributed by atoms with Crippen LogP contribution in [0.2, 0.25) is 0 Å². The smallest absolute Gasteiger partial charge is 0.341 e. The van der Waals surface area contributed by atoms with E-state index in [0.29, 0.717) is 21.9 Å². The second-order valence-electron chi connectivity index (χ2n) is 7.11. The Kier molecular flexibility index (Phi) is 8.15. The van der Waals surface area contributed by atoms with Gasteiger partial charge in [0.05, 0.1) is 11.5 Å². The molecule has 1 amide bonds. The number of carbonyl (C=O) groups is 2. The average Bonchev–Trinajstić information content (AvgIpc) is 3.22. The number of aryl methyl sites for hydroxylation is 1. The van der Waals surface area contributed by atoms with Crippen molar-refractivity contribution in [2.45, 2.75) is 26.7 Å². The topological polar surface area (TPSA) is 108 Å². The molecule has 8 nitrogen and oxygen atoms in total. The van der Waals surface area contributed by atoms with Crippen LogP contribution in [0.15, 0.2) is 53.9 Å². The number of ether oxygens (including phenoxy) is 2. The molecule has 0 aliphatic heterocycles. The van der Waals surface area contributed by atoms with Crippen molar-refractivity contribution in [2.24, 2.45) is 0 Å². The van der Waals surface area contributed by atoms with E-state index >= 15 is 0 Å². The van der Waals surface area contributed by atoms with Crippen LogP contribution >= 0.6 is 11.3 Å². The highest BCUT2D eigenvalue weighted by atomic mass is 32.1. The Hall–Kier alpha value is -3.72. The summed E-state index contributed by atoms with van der Waals surface area (Å²) >= 11 is 1.14. The van der Waals surface area contributed by atoms with E-state index in [4.69, 9.17) is 9.47 Å². The van der Waals surface area contributed by atoms with Crippen LogP contribution < -0.4 is 10.1 Å². The molecule has 3 aromatic rings. The number of carbonyl (C=O) groups excluding carboxylic acids is 2. The molecule has 0 fully saturated rings.